The lowest BCUT2D eigenvalue weighted by Crippen LogP contribution is -2.38. The summed E-state index contributed by atoms with van der Waals surface area (Å²) in [7, 11) is 0. The van der Waals surface area contributed by atoms with E-state index < -0.39 is 0 Å². The van der Waals surface area contributed by atoms with Gasteiger partial charge in [0, 0.05) is 23.7 Å². The quantitative estimate of drug-likeness (QED) is 0.772. The van der Waals surface area contributed by atoms with E-state index in [0.717, 1.165) is 12.8 Å². The Bertz CT molecular complexity index is 743. The summed E-state index contributed by atoms with van der Waals surface area (Å²) in [5.74, 6) is 0.299. The van der Waals surface area contributed by atoms with Crippen LogP contribution in [0.15, 0.2) is 60.7 Å². The number of Topliss-reactive ketones (excluding diaryl/α,β-unsaturated/α-hetero) is 1. The second-order valence-corrected chi connectivity index (χ2v) is 7.58. The van der Waals surface area contributed by atoms with Gasteiger partial charge in [-0.3, -0.25) is 9.59 Å². The van der Waals surface area contributed by atoms with E-state index in [9.17, 15) is 9.59 Å². The Balaban J connectivity index is 0.000000146. The van der Waals surface area contributed by atoms with Gasteiger partial charge in [-0.2, -0.15) is 0 Å². The lowest BCUT2D eigenvalue weighted by atomic mass is 9.65. The van der Waals surface area contributed by atoms with Gasteiger partial charge in [0.25, 0.3) is 0 Å². The Kier molecular flexibility index (Phi) is 4.76. The van der Waals surface area contributed by atoms with Crippen molar-refractivity contribution >= 4 is 11.8 Å². The summed E-state index contributed by atoms with van der Waals surface area (Å²) >= 11 is 0. The number of carbonyl (C=O) groups excluding carboxylic acids is 2. The molecule has 4 rings (SSSR count). The first kappa shape index (κ1) is 17.4. The van der Waals surface area contributed by atoms with Gasteiger partial charge in [0.2, 0.25) is 0 Å². The van der Waals surface area contributed by atoms with Crippen LogP contribution >= 0.6 is 0 Å². The van der Waals surface area contributed by atoms with E-state index in [2.05, 4.69) is 26.0 Å². The number of carbonyl (C=O) groups is 2. The molecule has 2 aromatic carbocycles. The molecule has 0 radical (unpaired) electrons. The molecule has 0 bridgehead atoms. The normalized spacial score (nSPS) is 23.9. The molecule has 3 nitrogen and oxygen atoms in total. The van der Waals surface area contributed by atoms with Crippen molar-refractivity contribution in [3.05, 3.63) is 71.8 Å². The van der Waals surface area contributed by atoms with Crippen molar-refractivity contribution in [1.29, 1.82) is 0 Å². The highest BCUT2D eigenvalue weighted by Crippen LogP contribution is 2.40. The highest BCUT2D eigenvalue weighted by atomic mass is 16.5. The highest BCUT2D eigenvalue weighted by molar-refractivity contribution is 5.88. The van der Waals surface area contributed by atoms with E-state index in [-0.39, 0.29) is 16.8 Å². The molecule has 1 aliphatic carbocycles. The summed E-state index contributed by atoms with van der Waals surface area (Å²) in [5, 5.41) is 0. The van der Waals surface area contributed by atoms with Crippen LogP contribution < -0.4 is 0 Å². The fourth-order valence-corrected chi connectivity index (χ4v) is 3.55. The summed E-state index contributed by atoms with van der Waals surface area (Å²) in [6, 6.07) is 20.3. The first-order valence-corrected chi connectivity index (χ1v) is 8.70. The molecule has 1 unspecified atom stereocenters. The maximum absolute atomic E-state index is 11.0. The number of ether oxygens (including phenoxy) is 1. The van der Waals surface area contributed by atoms with Crippen molar-refractivity contribution in [2.24, 2.45) is 0 Å². The number of benzene rings is 2. The maximum atomic E-state index is 11.0. The van der Waals surface area contributed by atoms with Crippen LogP contribution in [0.25, 0.3) is 0 Å². The maximum Gasteiger partial charge on any atom is 0.306 e. The molecule has 130 valence electrons. The lowest BCUT2D eigenvalue weighted by Gasteiger charge is -2.37. The first-order valence-electron chi connectivity index (χ1n) is 8.70. The Morgan fingerprint density at radius 2 is 1.20 bits per heavy atom. The molecule has 1 saturated carbocycles. The molecule has 0 spiro atoms. The zero-order chi connectivity index (χ0) is 17.9. The predicted molar refractivity (Wildman–Crippen MR) is 97.4 cm³/mol. The largest absolute Gasteiger partial charge is 0.465 e. The van der Waals surface area contributed by atoms with Crippen molar-refractivity contribution in [2.75, 3.05) is 6.61 Å². The summed E-state index contributed by atoms with van der Waals surface area (Å²) in [5.41, 5.74) is 2.50. The average Bonchev–Trinajstić information content (AvgIpc) is 2.96. The number of hydrogen-bond donors (Lipinski definition) is 0. The second kappa shape index (κ2) is 6.83. The summed E-state index contributed by atoms with van der Waals surface area (Å²) in [4.78, 5) is 21.9. The van der Waals surface area contributed by atoms with Gasteiger partial charge >= 0.3 is 5.97 Å². The first-order chi connectivity index (χ1) is 11.9. The molecule has 2 aliphatic rings. The molecule has 2 aromatic rings. The molecule has 0 aromatic heterocycles. The molecule has 1 saturated heterocycles. The van der Waals surface area contributed by atoms with E-state index in [4.69, 9.17) is 4.74 Å². The summed E-state index contributed by atoms with van der Waals surface area (Å²) in [6.07, 6.45) is 1.94. The average molecular weight is 336 g/mol. The van der Waals surface area contributed by atoms with E-state index >= 15 is 0 Å². The molecular formula is C22H24O3. The number of ketones is 1. The number of cyclic esters (lactones) is 1. The van der Waals surface area contributed by atoms with Crippen molar-refractivity contribution in [1.82, 2.24) is 0 Å². The minimum Gasteiger partial charge on any atom is -0.465 e. The minimum atomic E-state index is -0.113. The monoisotopic (exact) mass is 336 g/mol. The lowest BCUT2D eigenvalue weighted by molar-refractivity contribution is -0.138. The van der Waals surface area contributed by atoms with Crippen LogP contribution in [0.5, 0.6) is 0 Å². The van der Waals surface area contributed by atoms with Gasteiger partial charge in [-0.05, 0) is 11.1 Å². The van der Waals surface area contributed by atoms with Gasteiger partial charge in [-0.15, -0.1) is 0 Å². The minimum absolute atomic E-state index is 0.0913. The highest BCUT2D eigenvalue weighted by Gasteiger charge is 2.40. The van der Waals surface area contributed by atoms with Crippen LogP contribution in [-0.2, 0) is 25.2 Å². The number of esters is 1. The Labute approximate surface area is 149 Å². The van der Waals surface area contributed by atoms with Gasteiger partial charge < -0.3 is 4.74 Å². The number of hydrogen-bond acceptors (Lipinski definition) is 3. The summed E-state index contributed by atoms with van der Waals surface area (Å²) < 4.78 is 4.98. The van der Waals surface area contributed by atoms with E-state index in [1.807, 2.05) is 48.5 Å². The third-order valence-electron chi connectivity index (χ3n) is 5.20. The second-order valence-electron chi connectivity index (χ2n) is 7.58. The third kappa shape index (κ3) is 3.81. The van der Waals surface area contributed by atoms with Crippen LogP contribution in [-0.4, -0.2) is 18.4 Å². The standard InChI is InChI=1S/C11H12O2.C11H12O/c1-11(7-10(12)13-8-11)9-5-3-2-4-6-9;1-11(7-10(12)8-11)9-5-3-2-4-6-9/h2-6H,7-8H2,1H3;2-6H,7-8H2,1H3. The van der Waals surface area contributed by atoms with Gasteiger partial charge in [0.1, 0.15) is 12.4 Å². The predicted octanol–water partition coefficient (Wildman–Crippen LogP) is 4.20. The Morgan fingerprint density at radius 1 is 0.720 bits per heavy atom. The topological polar surface area (TPSA) is 43.4 Å². The van der Waals surface area contributed by atoms with Crippen LogP contribution in [0.4, 0.5) is 0 Å². The van der Waals surface area contributed by atoms with Crippen LogP contribution in [0.1, 0.15) is 44.2 Å². The van der Waals surface area contributed by atoms with Crippen molar-refractivity contribution in [3.8, 4) is 0 Å². The van der Waals surface area contributed by atoms with Gasteiger partial charge in [-0.1, -0.05) is 74.5 Å². The molecule has 25 heavy (non-hydrogen) atoms. The zero-order valence-corrected chi connectivity index (χ0v) is 14.8. The van der Waals surface area contributed by atoms with Crippen LogP contribution in [0.2, 0.25) is 0 Å². The van der Waals surface area contributed by atoms with Gasteiger partial charge in [0.15, 0.2) is 0 Å². The van der Waals surface area contributed by atoms with Crippen molar-refractivity contribution in [2.45, 2.75) is 43.9 Å². The summed E-state index contributed by atoms with van der Waals surface area (Å²) in [6.45, 7) is 4.73. The van der Waals surface area contributed by atoms with Gasteiger partial charge in [-0.25, -0.2) is 0 Å². The SMILES string of the molecule is CC1(c2ccccc2)CC(=O)C1.CC1(c2ccccc2)COC(=O)C1. The Hall–Kier alpha value is -2.42. The van der Waals surface area contributed by atoms with Crippen LogP contribution in [0, 0.1) is 0 Å². The van der Waals surface area contributed by atoms with Gasteiger partial charge in [0.05, 0.1) is 6.42 Å². The smallest absolute Gasteiger partial charge is 0.306 e. The van der Waals surface area contributed by atoms with E-state index in [0.29, 0.717) is 18.8 Å². The fraction of sp³-hybridized carbons (Fsp3) is 0.364. The molecular weight excluding hydrogens is 312 g/mol. The van der Waals surface area contributed by atoms with E-state index in [1.165, 1.54) is 11.1 Å². The zero-order valence-electron chi connectivity index (χ0n) is 14.8. The van der Waals surface area contributed by atoms with E-state index in [1.54, 1.807) is 0 Å². The molecule has 1 heterocycles. The van der Waals surface area contributed by atoms with Crippen LogP contribution in [0.3, 0.4) is 0 Å². The molecule has 2 fully saturated rings. The molecule has 1 aliphatic heterocycles. The van der Waals surface area contributed by atoms with Crippen molar-refractivity contribution in [3.63, 3.8) is 0 Å². The molecule has 0 amide bonds. The van der Waals surface area contributed by atoms with Crippen molar-refractivity contribution < 1.29 is 14.3 Å². The molecule has 0 N–H and O–H groups in total. The Morgan fingerprint density at radius 3 is 1.60 bits per heavy atom. The molecule has 3 heteroatoms. The third-order valence-corrected chi connectivity index (χ3v) is 5.20. The fourth-order valence-electron chi connectivity index (χ4n) is 3.55. The molecule has 1 atom stereocenters. The number of rotatable bonds is 2.